The molecule has 0 amide bonds. The first-order valence-corrected chi connectivity index (χ1v) is 4.48. The fraction of sp³-hybridized carbons (Fsp3) is 0.500. The molecule has 5 nitrogen and oxygen atoms in total. The first kappa shape index (κ1) is 9.05. The molecular formula is C6H9N3O2S. The predicted molar refractivity (Wildman–Crippen MR) is 48.6 cm³/mol. The Balaban J connectivity index is 2.79. The van der Waals surface area contributed by atoms with Crippen LogP contribution in [0.5, 0.6) is 0 Å². The smallest absolute Gasteiger partial charge is 0.316 e. The summed E-state index contributed by atoms with van der Waals surface area (Å²) in [6.07, 6.45) is 1.97. The second-order valence-corrected chi connectivity index (χ2v) is 3.28. The van der Waals surface area contributed by atoms with E-state index in [4.69, 9.17) is 5.73 Å². The third-order valence-electron chi connectivity index (χ3n) is 1.37. The highest BCUT2D eigenvalue weighted by molar-refractivity contribution is 8.14. The second-order valence-electron chi connectivity index (χ2n) is 2.20. The summed E-state index contributed by atoms with van der Waals surface area (Å²) in [5.41, 5.74) is 5.02. The quantitative estimate of drug-likeness (QED) is 0.507. The van der Waals surface area contributed by atoms with Crippen LogP contribution in [0.4, 0.5) is 0 Å². The molecule has 0 bridgehead atoms. The summed E-state index contributed by atoms with van der Waals surface area (Å²) in [7, 11) is 0. The number of hydrogen-bond acceptors (Lipinski definition) is 5. The monoisotopic (exact) mass is 187 g/mol. The van der Waals surface area contributed by atoms with Gasteiger partial charge in [0.15, 0.2) is 5.04 Å². The van der Waals surface area contributed by atoms with Gasteiger partial charge in [0.05, 0.1) is 11.1 Å². The van der Waals surface area contributed by atoms with E-state index >= 15 is 0 Å². The van der Waals surface area contributed by atoms with Crippen LogP contribution in [-0.4, -0.2) is 22.3 Å². The highest BCUT2D eigenvalue weighted by atomic mass is 32.2. The van der Waals surface area contributed by atoms with E-state index in [0.29, 0.717) is 11.6 Å². The van der Waals surface area contributed by atoms with E-state index in [1.54, 1.807) is 0 Å². The summed E-state index contributed by atoms with van der Waals surface area (Å²) < 4.78 is 0. The standard InChI is InChI=1S/C6H9N3O2S/c7-4-5(9(10)11)6-8-2-1-3-12-6/h4H,1-3,7H2. The summed E-state index contributed by atoms with van der Waals surface area (Å²) in [4.78, 5) is 13.9. The maximum absolute atomic E-state index is 10.4. The molecule has 0 saturated heterocycles. The zero-order valence-corrected chi connectivity index (χ0v) is 7.21. The van der Waals surface area contributed by atoms with E-state index in [1.807, 2.05) is 0 Å². The van der Waals surface area contributed by atoms with Crippen LogP contribution in [0.25, 0.3) is 0 Å². The Hall–Kier alpha value is -1.04. The van der Waals surface area contributed by atoms with Crippen molar-refractivity contribution in [1.82, 2.24) is 0 Å². The lowest BCUT2D eigenvalue weighted by Gasteiger charge is -2.07. The second kappa shape index (κ2) is 4.10. The number of thioether (sulfide) groups is 1. The van der Waals surface area contributed by atoms with Crippen molar-refractivity contribution in [2.24, 2.45) is 10.7 Å². The Bertz CT molecular complexity index is 249. The Morgan fingerprint density at radius 1 is 1.83 bits per heavy atom. The molecule has 0 unspecified atom stereocenters. The molecule has 1 aliphatic heterocycles. The average molecular weight is 187 g/mol. The van der Waals surface area contributed by atoms with Crippen LogP contribution in [0.15, 0.2) is 16.9 Å². The summed E-state index contributed by atoms with van der Waals surface area (Å²) in [6, 6.07) is 0. The molecule has 6 heteroatoms. The highest BCUT2D eigenvalue weighted by Gasteiger charge is 2.20. The van der Waals surface area contributed by atoms with Gasteiger partial charge in [-0.15, -0.1) is 0 Å². The largest absolute Gasteiger partial charge is 0.399 e. The van der Waals surface area contributed by atoms with E-state index in [1.165, 1.54) is 11.8 Å². The summed E-state index contributed by atoms with van der Waals surface area (Å²) >= 11 is 1.38. The molecule has 0 aromatic carbocycles. The van der Waals surface area contributed by atoms with Crippen molar-refractivity contribution in [3.8, 4) is 0 Å². The van der Waals surface area contributed by atoms with Gasteiger partial charge in [0, 0.05) is 12.3 Å². The van der Waals surface area contributed by atoms with Crippen LogP contribution in [0.1, 0.15) is 6.42 Å². The van der Waals surface area contributed by atoms with E-state index < -0.39 is 4.92 Å². The normalized spacial score (nSPS) is 18.7. The molecule has 0 spiro atoms. The Morgan fingerprint density at radius 3 is 3.00 bits per heavy atom. The predicted octanol–water partition coefficient (Wildman–Crippen LogP) is 0.599. The van der Waals surface area contributed by atoms with Crippen LogP contribution in [0.2, 0.25) is 0 Å². The van der Waals surface area contributed by atoms with Gasteiger partial charge in [0.1, 0.15) is 0 Å². The molecule has 0 aromatic rings. The zero-order chi connectivity index (χ0) is 8.97. The molecule has 1 heterocycles. The number of nitro groups is 1. The van der Waals surface area contributed by atoms with Gasteiger partial charge in [-0.05, 0) is 6.42 Å². The third kappa shape index (κ3) is 1.97. The Morgan fingerprint density at radius 2 is 2.58 bits per heavy atom. The first-order chi connectivity index (χ1) is 5.75. The number of hydrogen-bond donors (Lipinski definition) is 1. The van der Waals surface area contributed by atoms with Gasteiger partial charge in [0.25, 0.3) is 0 Å². The van der Waals surface area contributed by atoms with Gasteiger partial charge in [-0.2, -0.15) is 0 Å². The van der Waals surface area contributed by atoms with Crippen molar-refractivity contribution in [3.05, 3.63) is 22.0 Å². The van der Waals surface area contributed by atoms with Crippen LogP contribution >= 0.6 is 11.8 Å². The van der Waals surface area contributed by atoms with Crippen LogP contribution < -0.4 is 5.73 Å². The molecule has 2 N–H and O–H groups in total. The summed E-state index contributed by atoms with van der Waals surface area (Å²) in [5.74, 6) is 0.879. The lowest BCUT2D eigenvalue weighted by atomic mass is 10.4. The van der Waals surface area contributed by atoms with Crippen molar-refractivity contribution in [2.45, 2.75) is 6.42 Å². The molecule has 0 aromatic heterocycles. The Kier molecular flexibility index (Phi) is 3.09. The molecule has 0 fully saturated rings. The van der Waals surface area contributed by atoms with Crippen molar-refractivity contribution in [1.29, 1.82) is 0 Å². The maximum atomic E-state index is 10.4. The number of nitrogens with zero attached hydrogens (tertiary/aromatic N) is 2. The molecule has 0 radical (unpaired) electrons. The topological polar surface area (TPSA) is 81.5 Å². The lowest BCUT2D eigenvalue weighted by molar-refractivity contribution is -0.414. The van der Waals surface area contributed by atoms with Crippen molar-refractivity contribution < 1.29 is 4.92 Å². The first-order valence-electron chi connectivity index (χ1n) is 3.49. The van der Waals surface area contributed by atoms with Crippen molar-refractivity contribution in [3.63, 3.8) is 0 Å². The molecular weight excluding hydrogens is 178 g/mol. The average Bonchev–Trinajstić information content (AvgIpc) is 2.07. The molecule has 66 valence electrons. The Labute approximate surface area is 73.9 Å². The fourth-order valence-corrected chi connectivity index (χ4v) is 1.76. The minimum absolute atomic E-state index is 0.0836. The van der Waals surface area contributed by atoms with Crippen LogP contribution in [0.3, 0.4) is 0 Å². The van der Waals surface area contributed by atoms with Gasteiger partial charge in [-0.3, -0.25) is 15.1 Å². The van der Waals surface area contributed by atoms with Crippen LogP contribution in [-0.2, 0) is 0 Å². The molecule has 0 aliphatic carbocycles. The molecule has 1 aliphatic rings. The van der Waals surface area contributed by atoms with E-state index in [9.17, 15) is 10.1 Å². The van der Waals surface area contributed by atoms with E-state index in [2.05, 4.69) is 4.99 Å². The summed E-state index contributed by atoms with van der Waals surface area (Å²) in [5, 5.41) is 10.8. The molecule has 1 rings (SSSR count). The van der Waals surface area contributed by atoms with Gasteiger partial charge < -0.3 is 5.73 Å². The summed E-state index contributed by atoms with van der Waals surface area (Å²) in [6.45, 7) is 0.660. The van der Waals surface area contributed by atoms with Gasteiger partial charge in [-0.1, -0.05) is 11.8 Å². The zero-order valence-electron chi connectivity index (χ0n) is 6.40. The lowest BCUT2D eigenvalue weighted by Crippen LogP contribution is -2.14. The van der Waals surface area contributed by atoms with E-state index in [-0.39, 0.29) is 5.70 Å². The van der Waals surface area contributed by atoms with Crippen molar-refractivity contribution in [2.75, 3.05) is 12.3 Å². The van der Waals surface area contributed by atoms with E-state index in [0.717, 1.165) is 18.4 Å². The number of aliphatic imine (C=N–C) groups is 1. The van der Waals surface area contributed by atoms with Crippen LogP contribution in [0, 0.1) is 10.1 Å². The fourth-order valence-electron chi connectivity index (χ4n) is 0.825. The minimum atomic E-state index is -0.503. The molecule has 0 atom stereocenters. The van der Waals surface area contributed by atoms with Crippen molar-refractivity contribution >= 4 is 16.8 Å². The highest BCUT2D eigenvalue weighted by Crippen LogP contribution is 2.18. The number of nitrogens with two attached hydrogens (primary N) is 1. The minimum Gasteiger partial charge on any atom is -0.399 e. The third-order valence-corrected chi connectivity index (χ3v) is 2.47. The number of rotatable bonds is 2. The maximum Gasteiger partial charge on any atom is 0.316 e. The SMILES string of the molecule is NC=C(C1=NCCCS1)[N+](=O)[O-]. The molecule has 0 saturated carbocycles. The van der Waals surface area contributed by atoms with Gasteiger partial charge in [0.2, 0.25) is 0 Å². The van der Waals surface area contributed by atoms with Gasteiger partial charge in [-0.25, -0.2) is 0 Å². The molecule has 12 heavy (non-hydrogen) atoms. The van der Waals surface area contributed by atoms with Gasteiger partial charge >= 0.3 is 5.70 Å².